The highest BCUT2D eigenvalue weighted by Gasteiger charge is 2.48. The number of hydrogen-bond donors (Lipinski definition) is 1. The standard InChI is InChI=1S/C28H42N4O2S/c1-3-22-18-23-25(35-22)19-24-26(33)32(17-11-16-30-14-9-6-10-15-30)28(2,20-31(23)24)27(34)29-21-12-7-4-5-8-13-21/h18-19,21H,3-17,20H2,1-2H3,(H,29,34)/t28-/m0/s1. The lowest BCUT2D eigenvalue weighted by molar-refractivity contribution is -0.133. The molecule has 2 fully saturated rings. The van der Waals surface area contributed by atoms with E-state index in [9.17, 15) is 9.59 Å². The molecule has 1 aliphatic carbocycles. The van der Waals surface area contributed by atoms with E-state index < -0.39 is 5.54 Å². The predicted octanol–water partition coefficient (Wildman–Crippen LogP) is 5.19. The molecule has 6 nitrogen and oxygen atoms in total. The van der Waals surface area contributed by atoms with E-state index in [0.717, 1.165) is 61.2 Å². The van der Waals surface area contributed by atoms with Crippen molar-refractivity contribution in [1.29, 1.82) is 0 Å². The fourth-order valence-corrected chi connectivity index (χ4v) is 7.35. The number of aryl methyl sites for hydroxylation is 1. The quantitative estimate of drug-likeness (QED) is 0.534. The van der Waals surface area contributed by atoms with Gasteiger partial charge in [0.05, 0.1) is 16.8 Å². The molecule has 0 bridgehead atoms. The zero-order valence-corrected chi connectivity index (χ0v) is 22.4. The van der Waals surface area contributed by atoms with Crippen molar-refractivity contribution < 1.29 is 9.59 Å². The molecule has 35 heavy (non-hydrogen) atoms. The zero-order chi connectivity index (χ0) is 24.4. The maximum atomic E-state index is 13.9. The average Bonchev–Trinajstić information content (AvgIpc) is 3.30. The zero-order valence-electron chi connectivity index (χ0n) is 21.6. The summed E-state index contributed by atoms with van der Waals surface area (Å²) in [6, 6.07) is 4.50. The first kappa shape index (κ1) is 24.8. The molecule has 0 unspecified atom stereocenters. The van der Waals surface area contributed by atoms with E-state index in [1.807, 2.05) is 11.8 Å². The van der Waals surface area contributed by atoms with Crippen molar-refractivity contribution in [3.05, 3.63) is 22.7 Å². The highest BCUT2D eigenvalue weighted by atomic mass is 32.1. The molecule has 2 aliphatic heterocycles. The second-order valence-electron chi connectivity index (χ2n) is 11.1. The van der Waals surface area contributed by atoms with Crippen LogP contribution < -0.4 is 5.32 Å². The molecule has 0 spiro atoms. The van der Waals surface area contributed by atoms with Crippen LogP contribution in [0.15, 0.2) is 12.1 Å². The van der Waals surface area contributed by atoms with Gasteiger partial charge in [0.15, 0.2) is 0 Å². The number of piperidine rings is 1. The van der Waals surface area contributed by atoms with Crippen LogP contribution in [0.5, 0.6) is 0 Å². The average molecular weight is 499 g/mol. The first-order valence-corrected chi connectivity index (χ1v) is 14.8. The lowest BCUT2D eigenvalue weighted by Crippen LogP contribution is -2.65. The van der Waals surface area contributed by atoms with Crippen molar-refractivity contribution in [3.8, 4) is 0 Å². The van der Waals surface area contributed by atoms with Crippen molar-refractivity contribution >= 4 is 33.4 Å². The number of nitrogens with one attached hydrogen (secondary N) is 1. The Kier molecular flexibility index (Phi) is 7.54. The van der Waals surface area contributed by atoms with Crippen LogP contribution in [-0.2, 0) is 17.8 Å². The van der Waals surface area contributed by atoms with Crippen LogP contribution in [0.25, 0.3) is 10.2 Å². The maximum absolute atomic E-state index is 13.9. The Morgan fingerprint density at radius 3 is 2.49 bits per heavy atom. The van der Waals surface area contributed by atoms with E-state index in [-0.39, 0.29) is 17.9 Å². The number of amides is 2. The molecule has 1 N–H and O–H groups in total. The summed E-state index contributed by atoms with van der Waals surface area (Å²) in [6.45, 7) is 8.64. The Balaban J connectivity index is 1.40. The van der Waals surface area contributed by atoms with Crippen LogP contribution in [0.2, 0.25) is 0 Å². The SMILES string of the molecule is CCc1cc2c(cc3n2C[C@@](C)(C(=O)NC2CCCCCC2)N(CCCN2CCCCC2)C3=O)s1. The van der Waals surface area contributed by atoms with Crippen molar-refractivity contribution in [3.63, 3.8) is 0 Å². The number of fused-ring (bicyclic) bond motifs is 3. The first-order chi connectivity index (χ1) is 17.0. The first-order valence-electron chi connectivity index (χ1n) is 14.0. The van der Waals surface area contributed by atoms with E-state index in [1.54, 1.807) is 11.3 Å². The minimum atomic E-state index is -0.876. The van der Waals surface area contributed by atoms with Gasteiger partial charge >= 0.3 is 0 Å². The molecule has 4 heterocycles. The van der Waals surface area contributed by atoms with Crippen LogP contribution in [0.1, 0.15) is 93.4 Å². The molecular weight excluding hydrogens is 456 g/mol. The van der Waals surface area contributed by atoms with Gasteiger partial charge in [0, 0.05) is 17.5 Å². The van der Waals surface area contributed by atoms with Crippen molar-refractivity contribution in [2.45, 2.75) is 103 Å². The molecule has 0 aromatic carbocycles. The fourth-order valence-electron chi connectivity index (χ4n) is 6.31. The van der Waals surface area contributed by atoms with Gasteiger partial charge in [0.1, 0.15) is 11.2 Å². The van der Waals surface area contributed by atoms with Gasteiger partial charge < -0.3 is 19.7 Å². The summed E-state index contributed by atoms with van der Waals surface area (Å²) >= 11 is 1.77. The number of carbonyl (C=O) groups is 2. The Hall–Kier alpha value is -1.86. The minimum Gasteiger partial charge on any atom is -0.351 e. The van der Waals surface area contributed by atoms with Gasteiger partial charge in [-0.15, -0.1) is 11.3 Å². The lowest BCUT2D eigenvalue weighted by Gasteiger charge is -2.45. The summed E-state index contributed by atoms with van der Waals surface area (Å²) in [5.41, 5.74) is 0.974. The second-order valence-corrected chi connectivity index (χ2v) is 12.2. The Morgan fingerprint density at radius 2 is 1.77 bits per heavy atom. The molecule has 2 aromatic heterocycles. The monoisotopic (exact) mass is 498 g/mol. The molecule has 1 atom stereocenters. The van der Waals surface area contributed by atoms with Gasteiger partial charge in [0.2, 0.25) is 5.91 Å². The van der Waals surface area contributed by atoms with Crippen molar-refractivity contribution in [2.75, 3.05) is 26.2 Å². The van der Waals surface area contributed by atoms with Crippen molar-refractivity contribution in [1.82, 2.24) is 19.7 Å². The summed E-state index contributed by atoms with van der Waals surface area (Å²) < 4.78 is 3.29. The van der Waals surface area contributed by atoms with Gasteiger partial charge in [0.25, 0.3) is 5.91 Å². The summed E-state index contributed by atoms with van der Waals surface area (Å²) in [5.74, 6) is 0.0315. The summed E-state index contributed by atoms with van der Waals surface area (Å²) in [7, 11) is 0. The third kappa shape index (κ3) is 5.04. The molecule has 2 aromatic rings. The summed E-state index contributed by atoms with van der Waals surface area (Å²) in [6.07, 6.45) is 12.7. The van der Waals surface area contributed by atoms with Crippen LogP contribution in [0, 0.1) is 0 Å². The van der Waals surface area contributed by atoms with Crippen LogP contribution in [0.4, 0.5) is 0 Å². The van der Waals surface area contributed by atoms with Crippen LogP contribution in [-0.4, -0.2) is 63.9 Å². The van der Waals surface area contributed by atoms with Gasteiger partial charge in [-0.3, -0.25) is 9.59 Å². The fraction of sp³-hybridized carbons (Fsp3) is 0.714. The van der Waals surface area contributed by atoms with Gasteiger partial charge in [-0.1, -0.05) is 39.0 Å². The topological polar surface area (TPSA) is 57.6 Å². The van der Waals surface area contributed by atoms with E-state index in [1.165, 1.54) is 49.8 Å². The number of hydrogen-bond acceptors (Lipinski definition) is 4. The number of thiophene rings is 1. The third-order valence-electron chi connectivity index (χ3n) is 8.50. The summed E-state index contributed by atoms with van der Waals surface area (Å²) in [5, 5.41) is 3.39. The predicted molar refractivity (Wildman–Crippen MR) is 143 cm³/mol. The Morgan fingerprint density at radius 1 is 1.06 bits per heavy atom. The molecule has 192 valence electrons. The van der Waals surface area contributed by atoms with Gasteiger partial charge in [-0.2, -0.15) is 0 Å². The molecular formula is C28H42N4O2S. The Bertz CT molecular complexity index is 1040. The van der Waals surface area contributed by atoms with E-state index in [4.69, 9.17) is 0 Å². The molecule has 5 rings (SSSR count). The number of likely N-dealkylation sites (tertiary alicyclic amines) is 1. The molecule has 2 amide bonds. The largest absolute Gasteiger partial charge is 0.351 e. The number of rotatable bonds is 7. The molecule has 7 heteroatoms. The normalized spacial score (nSPS) is 24.5. The minimum absolute atomic E-state index is 0.00913. The van der Waals surface area contributed by atoms with Gasteiger partial charge in [-0.25, -0.2) is 0 Å². The lowest BCUT2D eigenvalue weighted by atomic mass is 9.93. The molecule has 3 aliphatic rings. The number of nitrogens with zero attached hydrogens (tertiary/aromatic N) is 3. The maximum Gasteiger partial charge on any atom is 0.271 e. The second kappa shape index (κ2) is 10.6. The highest BCUT2D eigenvalue weighted by Crippen LogP contribution is 2.36. The van der Waals surface area contributed by atoms with Crippen LogP contribution >= 0.6 is 11.3 Å². The number of aromatic nitrogens is 1. The number of carbonyl (C=O) groups excluding carboxylic acids is 2. The Labute approximate surface area is 214 Å². The smallest absolute Gasteiger partial charge is 0.271 e. The van der Waals surface area contributed by atoms with Gasteiger partial charge in [-0.05, 0) is 77.2 Å². The van der Waals surface area contributed by atoms with E-state index in [0.29, 0.717) is 13.1 Å². The molecule has 1 saturated carbocycles. The van der Waals surface area contributed by atoms with Crippen molar-refractivity contribution in [2.24, 2.45) is 0 Å². The summed E-state index contributed by atoms with van der Waals surface area (Å²) in [4.78, 5) is 33.6. The highest BCUT2D eigenvalue weighted by molar-refractivity contribution is 7.19. The van der Waals surface area contributed by atoms with Crippen LogP contribution in [0.3, 0.4) is 0 Å². The molecule has 0 radical (unpaired) electrons. The van der Waals surface area contributed by atoms with E-state index >= 15 is 0 Å². The third-order valence-corrected chi connectivity index (χ3v) is 9.71. The van der Waals surface area contributed by atoms with E-state index in [2.05, 4.69) is 33.8 Å². The molecule has 1 saturated heterocycles.